The maximum Gasteiger partial charge on any atom is 0.141 e. The van der Waals surface area contributed by atoms with Crippen LogP contribution in [0.2, 0.25) is 0 Å². The third-order valence-corrected chi connectivity index (χ3v) is 5.51. The standard InChI is InChI=1S/C6H14NO2.C5H13NO2.C5H11NO2.3C4H8.8CH4/c1-7(2)4-3-6(9)5-8;1-6(2)3-5(8)4-7;1-6-3-2-5(8)4-7;3*1-2-4-3-1;;;;;;;;/h4,6,8-9H,3,5H2,1-2H3;5,7-8H,3-4H2,1-2H3;3,5,7-8H,2,4H2,1H3;3*1-4H2;8*1H4/q+1;;;;;;;;;;;;;. The highest BCUT2D eigenvalue weighted by atomic mass is 16.3. The SMILES string of the molecule is C.C.C.C.C.C.C.C.C1CCC1.C1CCC1.C1CCC1.CN(C)CC(O)CO.CN=CCC(O)CO.C[N+](C)=CCC(O)CO. The van der Waals surface area contributed by atoms with E-state index in [1.165, 1.54) is 77.0 Å². The average molecular weight is 665 g/mol. The van der Waals surface area contributed by atoms with E-state index in [0.29, 0.717) is 19.4 Å². The molecule has 9 heteroatoms. The van der Waals surface area contributed by atoms with Crippen LogP contribution in [0.25, 0.3) is 0 Å². The molecule has 0 saturated heterocycles. The topological polar surface area (TPSA) is 140 Å². The molecule has 3 aliphatic carbocycles. The zero-order chi connectivity index (χ0) is 28.7. The number of likely N-dealkylation sites (N-methyl/N-ethyl adjacent to an activating group) is 1. The Morgan fingerprint density at radius 1 is 0.556 bits per heavy atom. The Labute approximate surface area is 286 Å². The van der Waals surface area contributed by atoms with Crippen LogP contribution in [0.4, 0.5) is 0 Å². The molecule has 0 aromatic heterocycles. The predicted octanol–water partition coefficient (Wildman–Crippen LogP) is 7.17. The summed E-state index contributed by atoms with van der Waals surface area (Å²) in [6.07, 6.45) is 20.5. The molecule has 0 bridgehead atoms. The van der Waals surface area contributed by atoms with E-state index in [0.717, 1.165) is 0 Å². The molecule has 3 atom stereocenters. The first-order chi connectivity index (χ1) is 17.6. The van der Waals surface area contributed by atoms with Crippen LogP contribution >= 0.6 is 0 Å². The first-order valence-electron chi connectivity index (χ1n) is 14.1. The summed E-state index contributed by atoms with van der Waals surface area (Å²) in [4.78, 5) is 5.45. The van der Waals surface area contributed by atoms with Crippen LogP contribution in [0.3, 0.4) is 0 Å². The fourth-order valence-corrected chi connectivity index (χ4v) is 1.94. The van der Waals surface area contributed by atoms with Gasteiger partial charge in [0.05, 0.1) is 44.6 Å². The zero-order valence-electron chi connectivity index (χ0n) is 24.6. The van der Waals surface area contributed by atoms with Gasteiger partial charge in [-0.3, -0.25) is 0 Å². The van der Waals surface area contributed by atoms with Gasteiger partial charge >= 0.3 is 0 Å². The maximum absolute atomic E-state index is 8.80. The van der Waals surface area contributed by atoms with Gasteiger partial charge in [0, 0.05) is 26.2 Å². The van der Waals surface area contributed by atoms with Crippen molar-refractivity contribution in [3.05, 3.63) is 0 Å². The third-order valence-electron chi connectivity index (χ3n) is 5.51. The highest BCUT2D eigenvalue weighted by molar-refractivity contribution is 5.57. The van der Waals surface area contributed by atoms with Crippen molar-refractivity contribution in [3.63, 3.8) is 0 Å². The van der Waals surface area contributed by atoms with Crippen molar-refractivity contribution in [1.29, 1.82) is 0 Å². The minimum Gasteiger partial charge on any atom is -0.394 e. The van der Waals surface area contributed by atoms with Crippen LogP contribution in [0.1, 0.15) is 149 Å². The molecule has 3 saturated carbocycles. The Morgan fingerprint density at radius 3 is 0.978 bits per heavy atom. The summed E-state index contributed by atoms with van der Waals surface area (Å²) in [5, 5.41) is 51.1. The van der Waals surface area contributed by atoms with Crippen molar-refractivity contribution >= 4 is 12.4 Å². The maximum atomic E-state index is 8.80. The fourth-order valence-electron chi connectivity index (χ4n) is 1.94. The molecule has 45 heavy (non-hydrogen) atoms. The van der Waals surface area contributed by atoms with Crippen LogP contribution in [0.15, 0.2) is 4.99 Å². The molecule has 3 rings (SSSR count). The molecule has 3 fully saturated rings. The van der Waals surface area contributed by atoms with Gasteiger partial charge in [0.15, 0.2) is 0 Å². The lowest BCUT2D eigenvalue weighted by molar-refractivity contribution is -0.460. The second-order valence-electron chi connectivity index (χ2n) is 10.1. The first-order valence-corrected chi connectivity index (χ1v) is 14.1. The van der Waals surface area contributed by atoms with Crippen molar-refractivity contribution in [2.75, 3.05) is 61.6 Å². The second kappa shape index (κ2) is 62.0. The van der Waals surface area contributed by atoms with Gasteiger partial charge in [0.25, 0.3) is 0 Å². The number of aliphatic hydroxyl groups excluding tert-OH is 6. The van der Waals surface area contributed by atoms with Crippen LogP contribution < -0.4 is 0 Å². The van der Waals surface area contributed by atoms with Crippen LogP contribution in [-0.2, 0) is 0 Å². The van der Waals surface area contributed by atoms with E-state index >= 15 is 0 Å². The lowest BCUT2D eigenvalue weighted by Crippen LogP contribution is -2.28. The molecule has 0 aliphatic heterocycles. The van der Waals surface area contributed by atoms with Gasteiger partial charge in [0.2, 0.25) is 0 Å². The summed E-state index contributed by atoms with van der Waals surface area (Å²) in [6, 6.07) is 0. The smallest absolute Gasteiger partial charge is 0.141 e. The highest BCUT2D eigenvalue weighted by Crippen LogP contribution is 2.15. The number of hydrogen-bond acceptors (Lipinski definition) is 8. The van der Waals surface area contributed by atoms with Gasteiger partial charge < -0.3 is 40.5 Å². The Morgan fingerprint density at radius 2 is 0.822 bits per heavy atom. The highest BCUT2D eigenvalue weighted by Gasteiger charge is 2.01. The molecule has 0 amide bonds. The van der Waals surface area contributed by atoms with Gasteiger partial charge in [-0.25, -0.2) is 4.58 Å². The van der Waals surface area contributed by atoms with Gasteiger partial charge in [-0.1, -0.05) is 136 Å². The summed E-state index contributed by atoms with van der Waals surface area (Å²) in [6.45, 7) is 0.0189. The van der Waals surface area contributed by atoms with Crippen molar-refractivity contribution in [2.45, 2.75) is 168 Å². The number of aliphatic hydroxyl groups is 6. The molecule has 6 N–H and O–H groups in total. The monoisotopic (exact) mass is 665 g/mol. The molecule has 3 aliphatic rings. The zero-order valence-corrected chi connectivity index (χ0v) is 24.6. The summed E-state index contributed by atoms with van der Waals surface area (Å²) < 4.78 is 1.85. The summed E-state index contributed by atoms with van der Waals surface area (Å²) >= 11 is 0. The Kier molecular flexibility index (Phi) is 103. The van der Waals surface area contributed by atoms with E-state index in [2.05, 4.69) is 4.99 Å². The Bertz CT molecular complexity index is 448. The van der Waals surface area contributed by atoms with E-state index in [1.807, 2.05) is 43.9 Å². The van der Waals surface area contributed by atoms with Crippen molar-refractivity contribution < 1.29 is 35.2 Å². The van der Waals surface area contributed by atoms with E-state index in [1.54, 1.807) is 13.3 Å². The predicted molar refractivity (Wildman–Crippen MR) is 209 cm³/mol. The van der Waals surface area contributed by atoms with E-state index in [-0.39, 0.29) is 79.2 Å². The van der Waals surface area contributed by atoms with E-state index < -0.39 is 18.3 Å². The number of hydrogen-bond donors (Lipinski definition) is 6. The minimum atomic E-state index is -0.640. The molecule has 0 spiro atoms. The van der Waals surface area contributed by atoms with Gasteiger partial charge in [-0.2, -0.15) is 0 Å². The van der Waals surface area contributed by atoms with E-state index in [9.17, 15) is 0 Å². The quantitative estimate of drug-likeness (QED) is 0.113. The Hall–Kier alpha value is -0.940. The third kappa shape index (κ3) is 80.3. The molecule has 0 aromatic carbocycles. The van der Waals surface area contributed by atoms with Crippen LogP contribution in [0.5, 0.6) is 0 Å². The second-order valence-corrected chi connectivity index (χ2v) is 10.1. The summed E-state index contributed by atoms with van der Waals surface area (Å²) in [5.74, 6) is 0. The number of aliphatic imine (C=N–C) groups is 1. The van der Waals surface area contributed by atoms with Crippen molar-refractivity contribution in [3.8, 4) is 0 Å². The van der Waals surface area contributed by atoms with Crippen LogP contribution in [0, 0.1) is 0 Å². The summed E-state index contributed by atoms with van der Waals surface area (Å²) in [7, 11) is 9.08. The molecule has 0 radical (unpaired) electrons. The van der Waals surface area contributed by atoms with Gasteiger partial charge in [-0.15, -0.1) is 0 Å². The molecule has 0 aromatic rings. The van der Waals surface area contributed by atoms with Gasteiger partial charge in [0.1, 0.15) is 20.3 Å². The van der Waals surface area contributed by atoms with Crippen molar-refractivity contribution in [1.82, 2.24) is 4.90 Å². The molecule has 3 unspecified atom stereocenters. The fraction of sp³-hybridized carbons (Fsp3) is 0.944. The average Bonchev–Trinajstić information content (AvgIpc) is 2.72. The largest absolute Gasteiger partial charge is 0.394 e. The normalized spacial score (nSPS) is 14.2. The molecule has 9 nitrogen and oxygen atoms in total. The summed E-state index contributed by atoms with van der Waals surface area (Å²) in [5.41, 5.74) is 0. The molecule has 288 valence electrons. The van der Waals surface area contributed by atoms with Crippen molar-refractivity contribution in [2.24, 2.45) is 4.99 Å². The molecular formula is C36H94N3O6+. The minimum absolute atomic E-state index is 0. The first kappa shape index (κ1) is 74.7. The lowest BCUT2D eigenvalue weighted by Gasteiger charge is -2.12. The van der Waals surface area contributed by atoms with E-state index in [4.69, 9.17) is 30.6 Å². The number of rotatable bonds is 9. The number of nitrogens with zero attached hydrogens (tertiary/aromatic N) is 3. The molecule has 0 heterocycles. The Balaban J connectivity index is -0.0000000337. The van der Waals surface area contributed by atoms with Crippen LogP contribution in [-0.4, -0.2) is 132 Å². The van der Waals surface area contributed by atoms with Gasteiger partial charge in [-0.05, 0) is 14.1 Å². The molecular weight excluding hydrogens is 570 g/mol. The lowest BCUT2D eigenvalue weighted by atomic mass is 10.0.